The molecule has 2 fully saturated rings. The molecule has 92 valence electrons. The maximum atomic E-state index is 4.29. The van der Waals surface area contributed by atoms with Gasteiger partial charge in [0.25, 0.3) is 0 Å². The Bertz CT molecular complexity index is 427. The summed E-state index contributed by atoms with van der Waals surface area (Å²) in [6.07, 6.45) is 7.21. The molecule has 0 amide bonds. The first-order valence-corrected chi connectivity index (χ1v) is 6.96. The van der Waals surface area contributed by atoms with Crippen LogP contribution in [0.25, 0.3) is 0 Å². The van der Waals surface area contributed by atoms with Gasteiger partial charge >= 0.3 is 0 Å². The predicted molar refractivity (Wildman–Crippen MR) is 72.2 cm³/mol. The molecule has 2 saturated carbocycles. The van der Waals surface area contributed by atoms with Crippen molar-refractivity contribution in [2.24, 2.45) is 11.3 Å². The molecule has 0 saturated heterocycles. The second-order valence-electron chi connectivity index (χ2n) is 5.13. The van der Waals surface area contributed by atoms with Crippen molar-refractivity contribution in [3.8, 4) is 0 Å². The van der Waals surface area contributed by atoms with Gasteiger partial charge in [0.05, 0.1) is 0 Å². The van der Waals surface area contributed by atoms with E-state index in [1.165, 1.54) is 25.7 Å². The molecule has 1 aromatic rings. The Morgan fingerprint density at radius 2 is 2.06 bits per heavy atom. The third kappa shape index (κ3) is 2.12. The SMILES string of the molecule is CNc1ncnc(NCC2(C3CC3)CC2)c1Br. The van der Waals surface area contributed by atoms with Crippen LogP contribution in [0, 0.1) is 11.3 Å². The van der Waals surface area contributed by atoms with Gasteiger partial charge in [-0.15, -0.1) is 0 Å². The minimum atomic E-state index is 0.587. The number of hydrogen-bond donors (Lipinski definition) is 2. The standard InChI is InChI=1S/C12H17BrN4/c1-14-10-9(13)11(17-7-16-10)15-6-12(4-5-12)8-2-3-8/h7-8H,2-6H2,1H3,(H2,14,15,16,17). The van der Waals surface area contributed by atoms with E-state index in [0.717, 1.165) is 28.6 Å². The van der Waals surface area contributed by atoms with E-state index in [2.05, 4.69) is 36.5 Å². The van der Waals surface area contributed by atoms with Crippen molar-refractivity contribution in [1.82, 2.24) is 9.97 Å². The molecule has 2 N–H and O–H groups in total. The predicted octanol–water partition coefficient (Wildman–Crippen LogP) is 2.88. The van der Waals surface area contributed by atoms with Crippen LogP contribution in [-0.2, 0) is 0 Å². The molecule has 0 bridgehead atoms. The van der Waals surface area contributed by atoms with Gasteiger partial charge in [-0.2, -0.15) is 0 Å². The van der Waals surface area contributed by atoms with Crippen molar-refractivity contribution in [2.75, 3.05) is 24.2 Å². The van der Waals surface area contributed by atoms with Gasteiger partial charge in [0.15, 0.2) is 0 Å². The first kappa shape index (κ1) is 11.3. The van der Waals surface area contributed by atoms with Gasteiger partial charge in [0.1, 0.15) is 22.4 Å². The fourth-order valence-corrected chi connectivity index (χ4v) is 3.06. The van der Waals surface area contributed by atoms with Crippen LogP contribution in [0.15, 0.2) is 10.8 Å². The summed E-state index contributed by atoms with van der Waals surface area (Å²) in [6, 6.07) is 0. The molecule has 0 atom stereocenters. The van der Waals surface area contributed by atoms with Crippen molar-refractivity contribution >= 4 is 27.6 Å². The van der Waals surface area contributed by atoms with Crippen LogP contribution in [-0.4, -0.2) is 23.6 Å². The van der Waals surface area contributed by atoms with Gasteiger partial charge in [-0.25, -0.2) is 9.97 Å². The monoisotopic (exact) mass is 296 g/mol. The normalized spacial score (nSPS) is 21.1. The number of aromatic nitrogens is 2. The molecule has 1 heterocycles. The third-order valence-corrected chi connectivity index (χ3v) is 4.72. The van der Waals surface area contributed by atoms with E-state index < -0.39 is 0 Å². The van der Waals surface area contributed by atoms with Gasteiger partial charge < -0.3 is 10.6 Å². The maximum Gasteiger partial charge on any atom is 0.145 e. The number of anilines is 2. The van der Waals surface area contributed by atoms with Crippen molar-refractivity contribution in [3.63, 3.8) is 0 Å². The summed E-state index contributed by atoms with van der Waals surface area (Å²) < 4.78 is 0.925. The molecule has 0 aromatic carbocycles. The molecule has 0 radical (unpaired) electrons. The van der Waals surface area contributed by atoms with Crippen LogP contribution in [0.4, 0.5) is 11.6 Å². The van der Waals surface area contributed by atoms with Crippen molar-refractivity contribution in [3.05, 3.63) is 10.8 Å². The van der Waals surface area contributed by atoms with E-state index in [0.29, 0.717) is 5.41 Å². The average molecular weight is 297 g/mol. The molecule has 2 aliphatic carbocycles. The molecule has 1 aromatic heterocycles. The van der Waals surface area contributed by atoms with Crippen molar-refractivity contribution < 1.29 is 0 Å². The highest BCUT2D eigenvalue weighted by Crippen LogP contribution is 2.61. The Hall–Kier alpha value is -0.840. The smallest absolute Gasteiger partial charge is 0.145 e. The molecule has 17 heavy (non-hydrogen) atoms. The zero-order valence-electron chi connectivity index (χ0n) is 9.96. The quantitative estimate of drug-likeness (QED) is 0.877. The molecule has 0 unspecified atom stereocenters. The van der Waals surface area contributed by atoms with E-state index in [-0.39, 0.29) is 0 Å². The Labute approximate surface area is 110 Å². The molecular weight excluding hydrogens is 280 g/mol. The Morgan fingerprint density at radius 1 is 1.35 bits per heavy atom. The van der Waals surface area contributed by atoms with Gasteiger partial charge in [0.2, 0.25) is 0 Å². The molecule has 2 aliphatic rings. The van der Waals surface area contributed by atoms with Crippen LogP contribution in [0.3, 0.4) is 0 Å². The Morgan fingerprint density at radius 3 is 2.65 bits per heavy atom. The van der Waals surface area contributed by atoms with E-state index in [1.807, 2.05) is 7.05 Å². The lowest BCUT2D eigenvalue weighted by Gasteiger charge is -2.16. The first-order valence-electron chi connectivity index (χ1n) is 6.17. The van der Waals surface area contributed by atoms with Gasteiger partial charge in [-0.05, 0) is 52.9 Å². The third-order valence-electron chi connectivity index (χ3n) is 3.97. The fourth-order valence-electron chi connectivity index (χ4n) is 2.51. The fraction of sp³-hybridized carbons (Fsp3) is 0.667. The van der Waals surface area contributed by atoms with Crippen molar-refractivity contribution in [2.45, 2.75) is 25.7 Å². The highest BCUT2D eigenvalue weighted by atomic mass is 79.9. The number of rotatable bonds is 5. The van der Waals surface area contributed by atoms with E-state index in [9.17, 15) is 0 Å². The second kappa shape index (κ2) is 4.12. The summed E-state index contributed by atoms with van der Waals surface area (Å²) in [5, 5.41) is 6.52. The summed E-state index contributed by atoms with van der Waals surface area (Å²) in [6.45, 7) is 1.05. The lowest BCUT2D eigenvalue weighted by atomic mass is 10.0. The molecule has 5 heteroatoms. The maximum absolute atomic E-state index is 4.29. The Kier molecular flexibility index (Phi) is 2.73. The molecular formula is C12H17BrN4. The average Bonchev–Trinajstić information content (AvgIpc) is 3.19. The highest BCUT2D eigenvalue weighted by molar-refractivity contribution is 9.10. The lowest BCUT2D eigenvalue weighted by molar-refractivity contribution is 0.466. The lowest BCUT2D eigenvalue weighted by Crippen LogP contribution is -2.18. The zero-order valence-corrected chi connectivity index (χ0v) is 11.5. The summed E-state index contributed by atoms with van der Waals surface area (Å²) in [4.78, 5) is 8.44. The van der Waals surface area contributed by atoms with Gasteiger partial charge in [-0.1, -0.05) is 0 Å². The van der Waals surface area contributed by atoms with Crippen LogP contribution >= 0.6 is 15.9 Å². The van der Waals surface area contributed by atoms with E-state index in [1.54, 1.807) is 6.33 Å². The summed E-state index contributed by atoms with van der Waals surface area (Å²) in [5.74, 6) is 2.70. The zero-order chi connectivity index (χ0) is 11.9. The van der Waals surface area contributed by atoms with Crippen LogP contribution in [0.5, 0.6) is 0 Å². The minimum Gasteiger partial charge on any atom is -0.372 e. The summed E-state index contributed by atoms with van der Waals surface area (Å²) in [7, 11) is 1.86. The highest BCUT2D eigenvalue weighted by Gasteiger charge is 2.53. The van der Waals surface area contributed by atoms with Gasteiger partial charge in [0, 0.05) is 13.6 Å². The number of nitrogens with zero attached hydrogens (tertiary/aromatic N) is 2. The van der Waals surface area contributed by atoms with Crippen LogP contribution in [0.1, 0.15) is 25.7 Å². The topological polar surface area (TPSA) is 49.8 Å². The largest absolute Gasteiger partial charge is 0.372 e. The Balaban J connectivity index is 1.68. The summed E-state index contributed by atoms with van der Waals surface area (Å²) >= 11 is 3.53. The van der Waals surface area contributed by atoms with Crippen LogP contribution in [0.2, 0.25) is 0 Å². The van der Waals surface area contributed by atoms with Crippen molar-refractivity contribution in [1.29, 1.82) is 0 Å². The summed E-state index contributed by atoms with van der Waals surface area (Å²) in [5.41, 5.74) is 0.587. The molecule has 0 spiro atoms. The number of halogens is 1. The molecule has 0 aliphatic heterocycles. The number of hydrogen-bond acceptors (Lipinski definition) is 4. The van der Waals surface area contributed by atoms with E-state index in [4.69, 9.17) is 0 Å². The van der Waals surface area contributed by atoms with Crippen LogP contribution < -0.4 is 10.6 Å². The second-order valence-corrected chi connectivity index (χ2v) is 5.92. The molecule has 4 nitrogen and oxygen atoms in total. The number of nitrogens with one attached hydrogen (secondary N) is 2. The van der Waals surface area contributed by atoms with E-state index >= 15 is 0 Å². The first-order chi connectivity index (χ1) is 8.25. The van der Waals surface area contributed by atoms with Gasteiger partial charge in [-0.3, -0.25) is 0 Å². The molecule has 3 rings (SSSR count). The minimum absolute atomic E-state index is 0.587.